The Balaban J connectivity index is 0.000000199. The molecule has 2 heterocycles. The maximum Gasteiger partial charge on any atom is 0.406 e. The Morgan fingerprint density at radius 3 is 2.17 bits per heavy atom. The van der Waals surface area contributed by atoms with Gasteiger partial charge in [0.1, 0.15) is 24.1 Å². The molecular weight excluding hydrogens is 509 g/mol. The Hall–Kier alpha value is -2.93. The molecule has 0 aliphatic carbocycles. The molecule has 1 amide bonds. The predicted molar refractivity (Wildman–Crippen MR) is 121 cm³/mol. The lowest BCUT2D eigenvalue weighted by Crippen LogP contribution is -2.60. The van der Waals surface area contributed by atoms with E-state index in [0.29, 0.717) is 39.9 Å². The normalized spacial score (nSPS) is 25.4. The molecule has 1 fully saturated rings. The van der Waals surface area contributed by atoms with Crippen molar-refractivity contribution in [3.8, 4) is 16.9 Å². The zero-order valence-corrected chi connectivity index (χ0v) is 19.3. The summed E-state index contributed by atoms with van der Waals surface area (Å²) in [5.74, 6) is -0.906. The number of Topliss-reactive ketones (excluding diaryl/α,β-unsaturated/α-hetero) is 1. The Labute approximate surface area is 208 Å². The van der Waals surface area contributed by atoms with E-state index in [-0.39, 0.29) is 5.78 Å². The van der Waals surface area contributed by atoms with Crippen LogP contribution >= 0.6 is 23.2 Å². The number of benzene rings is 2. The van der Waals surface area contributed by atoms with E-state index in [9.17, 15) is 29.7 Å². The first kappa shape index (κ1) is 26.7. The monoisotopic (exact) mass is 529 g/mol. The second kappa shape index (κ2) is 11.2. The summed E-state index contributed by atoms with van der Waals surface area (Å²) in [6, 6.07) is 10.8. The minimum absolute atomic E-state index is 0.0891. The van der Waals surface area contributed by atoms with Crippen molar-refractivity contribution in [2.75, 3.05) is 6.61 Å². The number of amides is 1. The zero-order chi connectivity index (χ0) is 25.9. The number of carboxylic acids is 1. The lowest BCUT2D eigenvalue weighted by molar-refractivity contribution is -0.277. The summed E-state index contributed by atoms with van der Waals surface area (Å²) in [5, 5.41) is 37.5. The SMILES string of the molecule is NC(=O)OC1OC(C(=O)O)C(O)C(O)C1O.O=C1CCOc2c1cccc2-c1c(Cl)cccc1Cl. The maximum atomic E-state index is 11.9. The molecule has 5 atom stereocenters. The van der Waals surface area contributed by atoms with E-state index in [1.807, 2.05) is 12.1 Å². The van der Waals surface area contributed by atoms with Crippen LogP contribution in [0, 0.1) is 0 Å². The van der Waals surface area contributed by atoms with Crippen LogP contribution in [0.3, 0.4) is 0 Å². The highest BCUT2D eigenvalue weighted by molar-refractivity contribution is 6.39. The fourth-order valence-corrected chi connectivity index (χ4v) is 4.11. The van der Waals surface area contributed by atoms with Crippen molar-refractivity contribution in [1.82, 2.24) is 0 Å². The number of primary amides is 1. The zero-order valence-electron chi connectivity index (χ0n) is 17.8. The number of carbonyl (C=O) groups is 3. The van der Waals surface area contributed by atoms with Crippen LogP contribution in [0.2, 0.25) is 10.0 Å². The third-order valence-corrected chi connectivity index (χ3v) is 5.80. The van der Waals surface area contributed by atoms with Gasteiger partial charge in [-0.2, -0.15) is 0 Å². The van der Waals surface area contributed by atoms with Crippen LogP contribution < -0.4 is 10.5 Å². The lowest BCUT2D eigenvalue weighted by atomic mass is 9.97. The molecular formula is C22H21Cl2NO10. The summed E-state index contributed by atoms with van der Waals surface area (Å²) in [7, 11) is 0. The summed E-state index contributed by atoms with van der Waals surface area (Å²) in [6.07, 6.45) is -9.89. The molecule has 0 aromatic heterocycles. The lowest BCUT2D eigenvalue weighted by Gasteiger charge is -2.37. The van der Waals surface area contributed by atoms with Gasteiger partial charge in [-0.3, -0.25) is 4.79 Å². The summed E-state index contributed by atoms with van der Waals surface area (Å²) < 4.78 is 14.5. The Bertz CT molecular complexity index is 1110. The van der Waals surface area contributed by atoms with Gasteiger partial charge in [-0.1, -0.05) is 41.4 Å². The number of fused-ring (bicyclic) bond motifs is 1. The van der Waals surface area contributed by atoms with E-state index in [0.717, 1.165) is 5.56 Å². The Morgan fingerprint density at radius 1 is 0.971 bits per heavy atom. The number of hydrogen-bond donors (Lipinski definition) is 5. The minimum atomic E-state index is -1.83. The first-order valence-electron chi connectivity index (χ1n) is 10.1. The molecule has 188 valence electrons. The van der Waals surface area contributed by atoms with E-state index in [2.05, 4.69) is 15.2 Å². The molecule has 13 heteroatoms. The fraction of sp³-hybridized carbons (Fsp3) is 0.318. The molecule has 4 rings (SSSR count). The number of ketones is 1. The van der Waals surface area contributed by atoms with E-state index in [4.69, 9.17) is 33.0 Å². The topological polar surface area (TPSA) is 186 Å². The summed E-state index contributed by atoms with van der Waals surface area (Å²) in [6.45, 7) is 0.394. The van der Waals surface area contributed by atoms with E-state index < -0.39 is 42.8 Å². The first-order chi connectivity index (χ1) is 16.5. The first-order valence-corrected chi connectivity index (χ1v) is 10.9. The van der Waals surface area contributed by atoms with Gasteiger partial charge >= 0.3 is 12.1 Å². The number of carbonyl (C=O) groups excluding carboxylic acids is 2. The molecule has 0 bridgehead atoms. The third kappa shape index (κ3) is 5.84. The van der Waals surface area contributed by atoms with Crippen molar-refractivity contribution in [2.45, 2.75) is 37.1 Å². The number of hydrogen-bond acceptors (Lipinski definition) is 9. The van der Waals surface area contributed by atoms with Gasteiger partial charge in [0.25, 0.3) is 0 Å². The van der Waals surface area contributed by atoms with Crippen molar-refractivity contribution in [3.05, 3.63) is 52.0 Å². The number of aliphatic carboxylic acids is 1. The molecule has 2 aliphatic rings. The molecule has 0 spiro atoms. The standard InChI is InChI=1S/C15H10Cl2O2.C7H11NO8/c16-11-5-2-6-12(17)14(11)10-4-1-3-9-13(18)7-8-19-15(9)10;8-7(14)16-6-3(11)1(9)2(10)4(15-6)5(12)13/h1-6H,7-8H2;1-4,6,9-11H,(H2,8,14)(H,12,13). The van der Waals surface area contributed by atoms with Gasteiger partial charge in [0.2, 0.25) is 6.29 Å². The third-order valence-electron chi connectivity index (χ3n) is 5.17. The molecule has 5 unspecified atom stereocenters. The van der Waals surface area contributed by atoms with Crippen molar-refractivity contribution in [1.29, 1.82) is 0 Å². The van der Waals surface area contributed by atoms with Gasteiger partial charge in [0.15, 0.2) is 11.9 Å². The number of rotatable bonds is 3. The molecule has 35 heavy (non-hydrogen) atoms. The second-order valence-corrected chi connectivity index (χ2v) is 8.29. The van der Waals surface area contributed by atoms with Crippen molar-refractivity contribution in [2.24, 2.45) is 5.73 Å². The highest BCUT2D eigenvalue weighted by Crippen LogP contribution is 2.42. The number of halogens is 2. The average molecular weight is 530 g/mol. The quantitative estimate of drug-likeness (QED) is 0.390. The maximum absolute atomic E-state index is 11.9. The van der Waals surface area contributed by atoms with Crippen LogP contribution in [0.5, 0.6) is 5.75 Å². The molecule has 0 radical (unpaired) electrons. The van der Waals surface area contributed by atoms with Crippen LogP contribution in [-0.4, -0.2) is 75.6 Å². The number of aliphatic hydroxyl groups is 3. The number of nitrogens with two attached hydrogens (primary N) is 1. The molecule has 6 N–H and O–H groups in total. The largest absolute Gasteiger partial charge is 0.492 e. The van der Waals surface area contributed by atoms with E-state index in [1.54, 1.807) is 24.3 Å². The highest BCUT2D eigenvalue weighted by atomic mass is 35.5. The van der Waals surface area contributed by atoms with Gasteiger partial charge in [-0.15, -0.1) is 0 Å². The van der Waals surface area contributed by atoms with Gasteiger partial charge in [0, 0.05) is 17.5 Å². The Morgan fingerprint density at radius 2 is 1.57 bits per heavy atom. The van der Waals surface area contributed by atoms with Gasteiger partial charge in [-0.25, -0.2) is 9.59 Å². The fourth-order valence-electron chi connectivity index (χ4n) is 3.51. The molecule has 0 saturated carbocycles. The van der Waals surface area contributed by atoms with Crippen LogP contribution in [-0.2, 0) is 14.3 Å². The molecule has 2 aliphatic heterocycles. The second-order valence-electron chi connectivity index (χ2n) is 7.47. The van der Waals surface area contributed by atoms with Crippen LogP contribution in [0.25, 0.3) is 11.1 Å². The minimum Gasteiger partial charge on any atom is -0.492 e. The van der Waals surface area contributed by atoms with Crippen molar-refractivity contribution >= 4 is 41.0 Å². The Kier molecular flexibility index (Phi) is 8.54. The number of carboxylic acid groups (broad SMARTS) is 1. The van der Waals surface area contributed by atoms with Crippen LogP contribution in [0.1, 0.15) is 16.8 Å². The summed E-state index contributed by atoms with van der Waals surface area (Å²) in [5.41, 5.74) is 6.71. The van der Waals surface area contributed by atoms with Gasteiger partial charge in [0.05, 0.1) is 22.2 Å². The molecule has 1 saturated heterocycles. The van der Waals surface area contributed by atoms with E-state index >= 15 is 0 Å². The smallest absolute Gasteiger partial charge is 0.406 e. The molecule has 2 aromatic rings. The number of aliphatic hydroxyl groups excluding tert-OH is 3. The van der Waals surface area contributed by atoms with Gasteiger partial charge in [-0.05, 0) is 18.2 Å². The highest BCUT2D eigenvalue weighted by Gasteiger charge is 2.48. The predicted octanol–water partition coefficient (Wildman–Crippen LogP) is 1.60. The molecule has 2 aromatic carbocycles. The summed E-state index contributed by atoms with van der Waals surface area (Å²) in [4.78, 5) is 32.9. The van der Waals surface area contributed by atoms with Crippen LogP contribution in [0.4, 0.5) is 4.79 Å². The van der Waals surface area contributed by atoms with Crippen molar-refractivity contribution < 1.29 is 49.0 Å². The van der Waals surface area contributed by atoms with Crippen molar-refractivity contribution in [3.63, 3.8) is 0 Å². The number of ether oxygens (including phenoxy) is 3. The number of para-hydroxylation sites is 1. The van der Waals surface area contributed by atoms with Gasteiger partial charge < -0.3 is 40.4 Å². The summed E-state index contributed by atoms with van der Waals surface area (Å²) >= 11 is 12.4. The average Bonchev–Trinajstić information content (AvgIpc) is 2.80. The van der Waals surface area contributed by atoms with E-state index in [1.165, 1.54) is 0 Å². The van der Waals surface area contributed by atoms with Crippen LogP contribution in [0.15, 0.2) is 36.4 Å². The molecule has 11 nitrogen and oxygen atoms in total.